The Bertz CT molecular complexity index is 631. The van der Waals surface area contributed by atoms with Crippen molar-refractivity contribution in [2.45, 2.75) is 25.6 Å². The molecule has 0 spiro atoms. The molecule has 2 fully saturated rings. The van der Waals surface area contributed by atoms with E-state index in [4.69, 9.17) is 9.72 Å². The smallest absolute Gasteiger partial charge is 0.185 e. The summed E-state index contributed by atoms with van der Waals surface area (Å²) < 4.78 is 5.78. The van der Waals surface area contributed by atoms with E-state index in [0.29, 0.717) is 0 Å². The number of morpholine rings is 1. The number of aromatic nitrogens is 1. The summed E-state index contributed by atoms with van der Waals surface area (Å²) in [4.78, 5) is 13.5. The molecule has 0 amide bonds. The molecule has 0 radical (unpaired) electrons. The third-order valence-corrected chi connectivity index (χ3v) is 4.94. The van der Waals surface area contributed by atoms with Crippen molar-refractivity contribution in [2.24, 2.45) is 4.99 Å². The van der Waals surface area contributed by atoms with Crippen LogP contribution in [0.4, 0.5) is 5.13 Å². The maximum absolute atomic E-state index is 5.78. The van der Waals surface area contributed by atoms with E-state index in [-0.39, 0.29) is 24.2 Å². The van der Waals surface area contributed by atoms with Gasteiger partial charge in [0.1, 0.15) is 12.0 Å². The van der Waals surface area contributed by atoms with E-state index in [1.807, 2.05) is 12.4 Å². The highest BCUT2D eigenvalue weighted by Gasteiger charge is 2.33. The highest BCUT2D eigenvalue weighted by molar-refractivity contribution is 7.13. The number of thiazole rings is 1. The molecule has 1 aromatic heterocycles. The largest absolute Gasteiger partial charge is 0.372 e. The van der Waals surface area contributed by atoms with Crippen LogP contribution in [0.3, 0.4) is 0 Å². The van der Waals surface area contributed by atoms with Crippen molar-refractivity contribution in [3.63, 3.8) is 0 Å². The second-order valence-corrected chi connectivity index (χ2v) is 7.09. The van der Waals surface area contributed by atoms with Crippen molar-refractivity contribution in [3.05, 3.63) is 23.1 Å². The summed E-state index contributed by atoms with van der Waals surface area (Å²) in [7, 11) is 0. The molecule has 2 N–H and O–H groups in total. The van der Waals surface area contributed by atoms with Crippen LogP contribution in [0.5, 0.6) is 0 Å². The van der Waals surface area contributed by atoms with Gasteiger partial charge in [0.2, 0.25) is 0 Å². The molecule has 1 aromatic rings. The van der Waals surface area contributed by atoms with Crippen molar-refractivity contribution >= 4 is 35.1 Å². The first-order chi connectivity index (χ1) is 10.6. The second kappa shape index (κ2) is 6.27. The molecular formula is C14H21ClN6OS. The molecule has 3 aliphatic rings. The minimum atomic E-state index is -0.115. The summed E-state index contributed by atoms with van der Waals surface area (Å²) in [6, 6.07) is 0. The number of fused-ring (bicyclic) bond motifs is 1. The number of hydrogen-bond donors (Lipinski definition) is 2. The lowest BCUT2D eigenvalue weighted by Crippen LogP contribution is -2.48. The quantitative estimate of drug-likeness (QED) is 0.836. The first-order valence-electron chi connectivity index (χ1n) is 7.47. The second-order valence-electron chi connectivity index (χ2n) is 6.25. The van der Waals surface area contributed by atoms with Gasteiger partial charge in [-0.2, -0.15) is 0 Å². The zero-order valence-corrected chi connectivity index (χ0v) is 14.8. The molecule has 9 heteroatoms. The van der Waals surface area contributed by atoms with Crippen molar-refractivity contribution in [3.8, 4) is 0 Å². The monoisotopic (exact) mass is 356 g/mol. The summed E-state index contributed by atoms with van der Waals surface area (Å²) in [5.74, 6) is 0.995. The molecule has 23 heavy (non-hydrogen) atoms. The van der Waals surface area contributed by atoms with Crippen LogP contribution in [0, 0.1) is 0 Å². The number of halogens is 1. The van der Waals surface area contributed by atoms with Crippen molar-refractivity contribution < 1.29 is 4.74 Å². The van der Waals surface area contributed by atoms with Crippen molar-refractivity contribution in [1.29, 1.82) is 0 Å². The number of hydrogen-bond acceptors (Lipinski definition) is 8. The Hall–Kier alpha value is -1.35. The summed E-state index contributed by atoms with van der Waals surface area (Å²) in [5, 5.41) is 3.20. The first-order valence-corrected chi connectivity index (χ1v) is 8.35. The lowest BCUT2D eigenvalue weighted by Gasteiger charge is -2.38. The number of rotatable bonds is 2. The van der Waals surface area contributed by atoms with Crippen LogP contribution in [0.15, 0.2) is 22.4 Å². The summed E-state index contributed by atoms with van der Waals surface area (Å²) in [5.41, 5.74) is 7.36. The molecule has 0 aromatic carbocycles. The van der Waals surface area contributed by atoms with Gasteiger partial charge in [0.15, 0.2) is 5.13 Å². The molecule has 1 unspecified atom stereocenters. The Kier molecular flexibility index (Phi) is 4.50. The van der Waals surface area contributed by atoms with Gasteiger partial charge in [0.25, 0.3) is 0 Å². The van der Waals surface area contributed by atoms with Crippen molar-refractivity contribution in [1.82, 2.24) is 20.7 Å². The molecule has 7 nitrogen and oxygen atoms in total. The predicted molar refractivity (Wildman–Crippen MR) is 93.9 cm³/mol. The van der Waals surface area contributed by atoms with E-state index in [1.165, 1.54) is 0 Å². The minimum Gasteiger partial charge on any atom is -0.372 e. The average molecular weight is 357 g/mol. The van der Waals surface area contributed by atoms with Crippen LogP contribution in [-0.4, -0.2) is 47.9 Å². The number of nitrogens with one attached hydrogen (secondary N) is 2. The Morgan fingerprint density at radius 1 is 1.43 bits per heavy atom. The van der Waals surface area contributed by atoms with Gasteiger partial charge >= 0.3 is 0 Å². The molecule has 0 bridgehead atoms. The standard InChI is InChI=1S/C14H20N6OS.ClH/c1-14(2)9-19(5-6-21-14)13-16-10(8-22-13)12-18-17-11-7-15-3-4-20(11)12;/h3,7-8,12,17-18H,4-6,9H2,1-2H3;1H. The predicted octanol–water partition coefficient (Wildman–Crippen LogP) is 1.47. The number of hydrazine groups is 1. The van der Waals surface area contributed by atoms with E-state index in [1.54, 1.807) is 11.3 Å². The molecule has 4 rings (SSSR count). The molecule has 0 aliphatic carbocycles. The lowest BCUT2D eigenvalue weighted by molar-refractivity contribution is -0.0277. The number of anilines is 1. The maximum atomic E-state index is 5.78. The Labute approximate surface area is 145 Å². The van der Waals surface area contributed by atoms with E-state index < -0.39 is 0 Å². The summed E-state index contributed by atoms with van der Waals surface area (Å²) in [6.07, 6.45) is 3.79. The number of ether oxygens (including phenoxy) is 1. The van der Waals surface area contributed by atoms with Crippen LogP contribution in [0.25, 0.3) is 0 Å². The topological polar surface area (TPSA) is 65.0 Å². The lowest BCUT2D eigenvalue weighted by atomic mass is 10.1. The normalized spacial score (nSPS) is 25.5. The van der Waals surface area contributed by atoms with E-state index in [9.17, 15) is 0 Å². The average Bonchev–Trinajstić information content (AvgIpc) is 3.12. The maximum Gasteiger partial charge on any atom is 0.185 e. The van der Waals surface area contributed by atoms with Gasteiger partial charge in [0, 0.05) is 24.7 Å². The molecule has 3 aliphatic heterocycles. The van der Waals surface area contributed by atoms with Gasteiger partial charge < -0.3 is 20.0 Å². The highest BCUT2D eigenvalue weighted by Crippen LogP contribution is 2.31. The van der Waals surface area contributed by atoms with Gasteiger partial charge in [-0.25, -0.2) is 10.4 Å². The van der Waals surface area contributed by atoms with Gasteiger partial charge in [-0.3, -0.25) is 4.99 Å². The van der Waals surface area contributed by atoms with Gasteiger partial charge in [0.05, 0.1) is 30.6 Å². The minimum absolute atomic E-state index is 0. The molecular weight excluding hydrogens is 336 g/mol. The molecule has 4 heterocycles. The Morgan fingerprint density at radius 3 is 3.13 bits per heavy atom. The summed E-state index contributed by atoms with van der Waals surface area (Å²) >= 11 is 1.69. The van der Waals surface area contributed by atoms with Gasteiger partial charge in [-0.15, -0.1) is 23.7 Å². The molecule has 126 valence electrons. The van der Waals surface area contributed by atoms with Crippen LogP contribution < -0.4 is 15.8 Å². The Balaban J connectivity index is 0.00000156. The fraction of sp³-hybridized carbons (Fsp3) is 0.571. The highest BCUT2D eigenvalue weighted by atomic mass is 35.5. The molecule has 0 saturated carbocycles. The fourth-order valence-electron chi connectivity index (χ4n) is 2.96. The Morgan fingerprint density at radius 2 is 2.30 bits per heavy atom. The van der Waals surface area contributed by atoms with E-state index >= 15 is 0 Å². The molecule has 1 atom stereocenters. The van der Waals surface area contributed by atoms with E-state index in [0.717, 1.165) is 42.9 Å². The third kappa shape index (κ3) is 3.16. The van der Waals surface area contributed by atoms with Crippen LogP contribution in [-0.2, 0) is 4.74 Å². The zero-order valence-electron chi connectivity index (χ0n) is 13.2. The number of aliphatic imine (C=N–C) groups is 1. The number of nitrogens with zero attached hydrogens (tertiary/aromatic N) is 4. The molecule has 2 saturated heterocycles. The third-order valence-electron chi connectivity index (χ3n) is 4.02. The van der Waals surface area contributed by atoms with Crippen molar-refractivity contribution in [2.75, 3.05) is 31.1 Å². The van der Waals surface area contributed by atoms with Crippen LogP contribution >= 0.6 is 23.7 Å². The zero-order chi connectivity index (χ0) is 15.2. The van der Waals surface area contributed by atoms with Crippen LogP contribution in [0.2, 0.25) is 0 Å². The van der Waals surface area contributed by atoms with E-state index in [2.05, 4.69) is 44.9 Å². The SMILES string of the molecule is CC1(C)CN(c2nc(C3NNC4=CN=CCN43)cs2)CCO1.Cl. The van der Waals surface area contributed by atoms with Crippen LogP contribution in [0.1, 0.15) is 25.7 Å². The van der Waals surface area contributed by atoms with Gasteiger partial charge in [-0.05, 0) is 13.8 Å². The summed E-state index contributed by atoms with van der Waals surface area (Å²) in [6.45, 7) is 7.56. The first kappa shape index (κ1) is 16.5. The fourth-order valence-corrected chi connectivity index (χ4v) is 3.83. The van der Waals surface area contributed by atoms with Gasteiger partial charge in [-0.1, -0.05) is 0 Å².